The first kappa shape index (κ1) is 13.1. The summed E-state index contributed by atoms with van der Waals surface area (Å²) in [5, 5.41) is 0. The number of hydrogen-bond acceptors (Lipinski definition) is 3. The fourth-order valence-electron chi connectivity index (χ4n) is 1.57. The van der Waals surface area contributed by atoms with Crippen molar-refractivity contribution in [3.63, 3.8) is 0 Å². The molecule has 0 aromatic heterocycles. The molecule has 0 aromatic carbocycles. The van der Waals surface area contributed by atoms with E-state index >= 15 is 0 Å². The smallest absolute Gasteiger partial charge is 0.188 e. The molecule has 1 aliphatic rings. The van der Waals surface area contributed by atoms with Crippen LogP contribution in [0.1, 0.15) is 20.3 Å². The average Bonchev–Trinajstić information content (AvgIpc) is 2.16. The second-order valence-electron chi connectivity index (χ2n) is 3.65. The van der Waals surface area contributed by atoms with Crippen molar-refractivity contribution in [3.8, 4) is 0 Å². The van der Waals surface area contributed by atoms with E-state index in [2.05, 4.69) is 6.58 Å². The Bertz CT molecular complexity index is 268. The summed E-state index contributed by atoms with van der Waals surface area (Å²) in [4.78, 5) is 9.95. The van der Waals surface area contributed by atoms with Crippen LogP contribution in [0.5, 0.6) is 0 Å². The van der Waals surface area contributed by atoms with Crippen molar-refractivity contribution in [3.05, 3.63) is 24.3 Å². The zero-order valence-electron chi connectivity index (χ0n) is 9.19. The van der Waals surface area contributed by atoms with Gasteiger partial charge in [-0.3, -0.25) is 0 Å². The first-order valence-corrected chi connectivity index (χ1v) is 7.53. The molecule has 2 atom stereocenters. The molecule has 1 N–H and O–H groups in total. The third-order valence-corrected chi connectivity index (χ3v) is 5.16. The van der Waals surface area contributed by atoms with Crippen LogP contribution in [0.15, 0.2) is 24.3 Å². The lowest BCUT2D eigenvalue weighted by Crippen LogP contribution is -2.37. The molecular weight excluding hydrogens is 233 g/mol. The van der Waals surface area contributed by atoms with Gasteiger partial charge in [-0.1, -0.05) is 24.3 Å². The van der Waals surface area contributed by atoms with Gasteiger partial charge in [-0.2, -0.15) is 9.42 Å². The summed E-state index contributed by atoms with van der Waals surface area (Å²) in [5.41, 5.74) is 1.12. The Labute approximate surface area is 96.7 Å². The van der Waals surface area contributed by atoms with Gasteiger partial charge in [0.1, 0.15) is 0 Å². The summed E-state index contributed by atoms with van der Waals surface area (Å²) in [6.45, 7) is 8.98. The second-order valence-corrected chi connectivity index (χ2v) is 6.68. The summed E-state index contributed by atoms with van der Waals surface area (Å²) in [6, 6.07) is 0.0825. The minimum absolute atomic E-state index is 0.0825. The quantitative estimate of drug-likeness (QED) is 0.617. The molecule has 1 fully saturated rings. The zero-order valence-corrected chi connectivity index (χ0v) is 10.8. The molecule has 1 heterocycles. The van der Waals surface area contributed by atoms with Crippen molar-refractivity contribution in [1.82, 2.24) is 4.67 Å². The number of allylic oxidation sites excluding steroid dienone is 2. The third-order valence-electron chi connectivity index (χ3n) is 2.59. The van der Waals surface area contributed by atoms with Gasteiger partial charge in [0.15, 0.2) is 11.2 Å². The molecule has 1 saturated heterocycles. The van der Waals surface area contributed by atoms with Crippen LogP contribution in [0.3, 0.4) is 0 Å². The SMILES string of the molecule is C=CC=C(C)C(C)N1CCCO[P+]1(O)Cl. The molecule has 0 aliphatic carbocycles. The molecule has 0 amide bonds. The Morgan fingerprint density at radius 2 is 2.40 bits per heavy atom. The van der Waals surface area contributed by atoms with Crippen LogP contribution in [-0.2, 0) is 4.52 Å². The molecule has 5 heteroatoms. The largest absolute Gasteiger partial charge is 0.455 e. The van der Waals surface area contributed by atoms with E-state index in [1.54, 1.807) is 6.08 Å². The van der Waals surface area contributed by atoms with E-state index in [1.807, 2.05) is 24.6 Å². The molecule has 15 heavy (non-hydrogen) atoms. The van der Waals surface area contributed by atoms with Gasteiger partial charge < -0.3 is 0 Å². The highest BCUT2D eigenvalue weighted by Crippen LogP contribution is 2.66. The van der Waals surface area contributed by atoms with Gasteiger partial charge in [-0.05, 0) is 20.3 Å². The molecule has 0 spiro atoms. The predicted octanol–water partition coefficient (Wildman–Crippen LogP) is 3.14. The molecular formula is C10H18ClNO2P+. The Kier molecular flexibility index (Phi) is 4.75. The summed E-state index contributed by atoms with van der Waals surface area (Å²) >= 11 is 5.99. The summed E-state index contributed by atoms with van der Waals surface area (Å²) < 4.78 is 7.07. The molecule has 86 valence electrons. The minimum atomic E-state index is -2.85. The maximum atomic E-state index is 9.95. The highest BCUT2D eigenvalue weighted by molar-refractivity contribution is 7.88. The van der Waals surface area contributed by atoms with Gasteiger partial charge in [0.05, 0.1) is 12.6 Å². The van der Waals surface area contributed by atoms with Crippen molar-refractivity contribution in [1.29, 1.82) is 0 Å². The van der Waals surface area contributed by atoms with E-state index in [9.17, 15) is 4.89 Å². The number of rotatable bonds is 3. The van der Waals surface area contributed by atoms with Crippen LogP contribution >= 0.6 is 18.5 Å². The van der Waals surface area contributed by atoms with Gasteiger partial charge in [0, 0.05) is 6.54 Å². The molecule has 2 unspecified atom stereocenters. The van der Waals surface area contributed by atoms with E-state index in [4.69, 9.17) is 15.8 Å². The highest BCUT2D eigenvalue weighted by atomic mass is 35.7. The maximum Gasteiger partial charge on any atom is 0.455 e. The molecule has 1 aliphatic heterocycles. The normalized spacial score (nSPS) is 31.3. The molecule has 0 bridgehead atoms. The fourth-order valence-corrected chi connectivity index (χ4v) is 3.91. The van der Waals surface area contributed by atoms with Crippen molar-refractivity contribution >= 4 is 18.5 Å². The highest BCUT2D eigenvalue weighted by Gasteiger charge is 2.50. The third kappa shape index (κ3) is 3.27. The van der Waals surface area contributed by atoms with Gasteiger partial charge in [-0.25, -0.2) is 0 Å². The Morgan fingerprint density at radius 3 is 2.93 bits per heavy atom. The Hall–Kier alpha value is 0.0800. The maximum absolute atomic E-state index is 9.95. The van der Waals surface area contributed by atoms with Crippen LogP contribution in [0.25, 0.3) is 0 Å². The molecule has 0 radical (unpaired) electrons. The van der Waals surface area contributed by atoms with Gasteiger partial charge in [0.2, 0.25) is 0 Å². The van der Waals surface area contributed by atoms with Gasteiger partial charge >= 0.3 is 7.22 Å². The summed E-state index contributed by atoms with van der Waals surface area (Å²) in [5.74, 6) is 0. The van der Waals surface area contributed by atoms with Crippen molar-refractivity contribution < 1.29 is 9.42 Å². The minimum Gasteiger partial charge on any atom is -0.188 e. The molecule has 1 rings (SSSR count). The summed E-state index contributed by atoms with van der Waals surface area (Å²) in [6.07, 6.45) is 4.57. The van der Waals surface area contributed by atoms with Crippen molar-refractivity contribution in [2.75, 3.05) is 13.2 Å². The van der Waals surface area contributed by atoms with E-state index in [-0.39, 0.29) is 6.04 Å². The predicted molar refractivity (Wildman–Crippen MR) is 65.7 cm³/mol. The molecule has 0 saturated carbocycles. The first-order valence-electron chi connectivity index (χ1n) is 5.01. The van der Waals surface area contributed by atoms with Crippen LogP contribution in [-0.4, -0.2) is 28.8 Å². The second kappa shape index (κ2) is 5.42. The van der Waals surface area contributed by atoms with Crippen molar-refractivity contribution in [2.24, 2.45) is 0 Å². The van der Waals surface area contributed by atoms with Gasteiger partial charge in [0.25, 0.3) is 0 Å². The average molecular weight is 251 g/mol. The van der Waals surface area contributed by atoms with E-state index in [0.29, 0.717) is 6.61 Å². The standard InChI is InChI=1S/C10H18ClNO2P/c1-4-6-9(2)10(3)12-7-5-8-14-15(12,11)13/h4,6,10,13H,1,5,7-8H2,2-3H3/q+1. The Balaban J connectivity index is 2.76. The lowest BCUT2D eigenvalue weighted by Gasteiger charge is -2.32. The van der Waals surface area contributed by atoms with E-state index in [0.717, 1.165) is 18.5 Å². The molecule has 3 nitrogen and oxygen atoms in total. The van der Waals surface area contributed by atoms with Crippen molar-refractivity contribution in [2.45, 2.75) is 26.3 Å². The van der Waals surface area contributed by atoms with Crippen LogP contribution < -0.4 is 0 Å². The first-order chi connectivity index (χ1) is 6.99. The lowest BCUT2D eigenvalue weighted by atomic mass is 10.1. The van der Waals surface area contributed by atoms with Gasteiger partial charge in [-0.15, -0.1) is 4.67 Å². The zero-order chi connectivity index (χ0) is 11.5. The number of nitrogens with zero attached hydrogens (tertiary/aromatic N) is 1. The monoisotopic (exact) mass is 250 g/mol. The molecule has 0 aromatic rings. The lowest BCUT2D eigenvalue weighted by molar-refractivity contribution is 0.181. The Morgan fingerprint density at radius 1 is 1.73 bits per heavy atom. The van der Waals surface area contributed by atoms with Crippen LogP contribution in [0.4, 0.5) is 0 Å². The van der Waals surface area contributed by atoms with E-state index < -0.39 is 7.22 Å². The van der Waals surface area contributed by atoms with E-state index in [1.165, 1.54) is 0 Å². The number of hydrogen-bond donors (Lipinski definition) is 1. The van der Waals surface area contributed by atoms with Crippen LogP contribution in [0.2, 0.25) is 0 Å². The topological polar surface area (TPSA) is 32.7 Å². The number of halogens is 1. The summed E-state index contributed by atoms with van der Waals surface area (Å²) in [7, 11) is -2.85. The fraction of sp³-hybridized carbons (Fsp3) is 0.600. The van der Waals surface area contributed by atoms with Crippen LogP contribution in [0, 0.1) is 0 Å².